The third-order valence-electron chi connectivity index (χ3n) is 3.79. The van der Waals surface area contributed by atoms with E-state index in [4.69, 9.17) is 0 Å². The van der Waals surface area contributed by atoms with Crippen LogP contribution in [-0.4, -0.2) is 32.3 Å². The summed E-state index contributed by atoms with van der Waals surface area (Å²) in [6.07, 6.45) is 1.05. The van der Waals surface area contributed by atoms with Gasteiger partial charge in [0.2, 0.25) is 5.91 Å². The monoisotopic (exact) mass is 403 g/mol. The summed E-state index contributed by atoms with van der Waals surface area (Å²) in [4.78, 5) is 28.3. The molecule has 0 spiro atoms. The van der Waals surface area contributed by atoms with Gasteiger partial charge in [-0.15, -0.1) is 11.3 Å². The number of nitrogens with zero attached hydrogens (tertiary/aromatic N) is 3. The van der Waals surface area contributed by atoms with Crippen molar-refractivity contribution in [2.24, 2.45) is 0 Å². The van der Waals surface area contributed by atoms with Crippen LogP contribution in [0.4, 0.5) is 0 Å². The maximum Gasteiger partial charge on any atom is 0.260 e. The van der Waals surface area contributed by atoms with Gasteiger partial charge >= 0.3 is 0 Å². The Bertz CT molecular complexity index is 917. The van der Waals surface area contributed by atoms with E-state index in [0.29, 0.717) is 12.8 Å². The Hall–Kier alpha value is -2.39. The van der Waals surface area contributed by atoms with Crippen molar-refractivity contribution in [1.82, 2.24) is 25.6 Å². The van der Waals surface area contributed by atoms with Crippen molar-refractivity contribution in [3.63, 3.8) is 0 Å². The zero-order valence-electron chi connectivity index (χ0n) is 15.2. The molecular formula is C18H21N5O2S2. The van der Waals surface area contributed by atoms with Crippen LogP contribution in [0.5, 0.6) is 0 Å². The molecule has 0 aliphatic heterocycles. The van der Waals surface area contributed by atoms with Crippen LogP contribution >= 0.6 is 23.1 Å². The molecule has 3 aromatic rings. The van der Waals surface area contributed by atoms with Gasteiger partial charge < -0.3 is 0 Å². The van der Waals surface area contributed by atoms with Gasteiger partial charge in [0.15, 0.2) is 4.34 Å². The lowest BCUT2D eigenvalue weighted by Crippen LogP contribution is -2.43. The lowest BCUT2D eigenvalue weighted by atomic mass is 10.3. The largest absolute Gasteiger partial charge is 0.273 e. The highest BCUT2D eigenvalue weighted by Crippen LogP contribution is 2.29. The fourth-order valence-corrected chi connectivity index (χ4v) is 4.60. The van der Waals surface area contributed by atoms with Gasteiger partial charge in [0.1, 0.15) is 6.54 Å². The van der Waals surface area contributed by atoms with E-state index in [2.05, 4.69) is 27.0 Å². The molecule has 0 atom stereocenters. The van der Waals surface area contributed by atoms with E-state index < -0.39 is 0 Å². The van der Waals surface area contributed by atoms with E-state index >= 15 is 0 Å². The van der Waals surface area contributed by atoms with Crippen LogP contribution in [0.3, 0.4) is 0 Å². The van der Waals surface area contributed by atoms with Crippen LogP contribution in [0.15, 0.2) is 34.7 Å². The van der Waals surface area contributed by atoms with Gasteiger partial charge in [-0.3, -0.25) is 25.1 Å². The minimum Gasteiger partial charge on any atom is -0.273 e. The molecule has 142 valence electrons. The van der Waals surface area contributed by atoms with Crippen molar-refractivity contribution in [2.45, 2.75) is 37.6 Å². The number of carbonyl (C=O) groups is 2. The standard InChI is InChI=1S/C18H21N5O2S2/c1-12-10-13(2)23(22-12)11-17(25)21-20-16(24)8-5-9-26-18-19-14-6-3-4-7-15(14)27-18/h3-4,6-7,10H,5,8-9,11H2,1-2H3,(H,20,24)(H,21,25). The van der Waals surface area contributed by atoms with E-state index in [9.17, 15) is 9.59 Å². The number of hydrazine groups is 1. The number of thiazole rings is 1. The lowest BCUT2D eigenvalue weighted by molar-refractivity contribution is -0.129. The number of aromatic nitrogens is 3. The molecule has 0 saturated heterocycles. The second-order valence-electron chi connectivity index (χ2n) is 6.08. The molecule has 2 amide bonds. The molecule has 0 fully saturated rings. The Morgan fingerprint density at radius 2 is 1.96 bits per heavy atom. The highest BCUT2D eigenvalue weighted by Gasteiger charge is 2.09. The molecule has 27 heavy (non-hydrogen) atoms. The van der Waals surface area contributed by atoms with E-state index in [0.717, 1.165) is 27.0 Å². The van der Waals surface area contributed by atoms with Crippen LogP contribution in [-0.2, 0) is 16.1 Å². The predicted octanol–water partition coefficient (Wildman–Crippen LogP) is 2.83. The fourth-order valence-electron chi connectivity index (χ4n) is 2.52. The fraction of sp³-hybridized carbons (Fsp3) is 0.333. The van der Waals surface area contributed by atoms with Gasteiger partial charge in [0, 0.05) is 17.9 Å². The summed E-state index contributed by atoms with van der Waals surface area (Å²) in [7, 11) is 0. The first-order valence-corrected chi connectivity index (χ1v) is 10.4. The third kappa shape index (κ3) is 5.54. The van der Waals surface area contributed by atoms with Crippen molar-refractivity contribution in [3.8, 4) is 0 Å². The molecular weight excluding hydrogens is 382 g/mol. The quantitative estimate of drug-likeness (QED) is 0.360. The van der Waals surface area contributed by atoms with Crippen LogP contribution in [0.1, 0.15) is 24.2 Å². The SMILES string of the molecule is Cc1cc(C)n(CC(=O)NNC(=O)CCCSc2nc3ccccc3s2)n1. The van der Waals surface area contributed by atoms with E-state index in [1.165, 1.54) is 4.70 Å². The number of thioether (sulfide) groups is 1. The minimum atomic E-state index is -0.307. The molecule has 0 aliphatic rings. The van der Waals surface area contributed by atoms with Crippen LogP contribution < -0.4 is 10.9 Å². The number of para-hydroxylation sites is 1. The molecule has 0 bridgehead atoms. The first-order chi connectivity index (χ1) is 13.0. The van der Waals surface area contributed by atoms with Crippen molar-refractivity contribution >= 4 is 45.1 Å². The Morgan fingerprint density at radius 3 is 2.70 bits per heavy atom. The Kier molecular flexibility index (Phi) is 6.46. The zero-order valence-corrected chi connectivity index (χ0v) is 16.8. The topological polar surface area (TPSA) is 88.9 Å². The third-order valence-corrected chi connectivity index (χ3v) is 6.05. The molecule has 0 unspecified atom stereocenters. The van der Waals surface area contributed by atoms with E-state index in [-0.39, 0.29) is 18.4 Å². The highest BCUT2D eigenvalue weighted by molar-refractivity contribution is 8.01. The van der Waals surface area contributed by atoms with E-state index in [1.807, 2.05) is 38.1 Å². The number of carbonyl (C=O) groups excluding carboxylic acids is 2. The van der Waals surface area contributed by atoms with Gasteiger partial charge in [-0.25, -0.2) is 4.98 Å². The van der Waals surface area contributed by atoms with Crippen molar-refractivity contribution in [3.05, 3.63) is 41.7 Å². The summed E-state index contributed by atoms with van der Waals surface area (Å²) in [6.45, 7) is 3.83. The summed E-state index contributed by atoms with van der Waals surface area (Å²) < 4.78 is 3.78. The maximum absolute atomic E-state index is 11.9. The first-order valence-electron chi connectivity index (χ1n) is 8.58. The number of hydrogen-bond acceptors (Lipinski definition) is 6. The van der Waals surface area contributed by atoms with Gasteiger partial charge in [-0.05, 0) is 38.5 Å². The molecule has 9 heteroatoms. The average molecular weight is 404 g/mol. The van der Waals surface area contributed by atoms with E-state index in [1.54, 1.807) is 27.8 Å². The van der Waals surface area contributed by atoms with Gasteiger partial charge in [0.25, 0.3) is 5.91 Å². The summed E-state index contributed by atoms with van der Waals surface area (Å²) in [5.74, 6) is 0.285. The summed E-state index contributed by atoms with van der Waals surface area (Å²) in [6, 6.07) is 9.93. The number of nitrogens with one attached hydrogen (secondary N) is 2. The number of amides is 2. The summed E-state index contributed by atoms with van der Waals surface area (Å²) in [5, 5.41) is 4.22. The highest BCUT2D eigenvalue weighted by atomic mass is 32.2. The molecule has 2 N–H and O–H groups in total. The maximum atomic E-state index is 11.9. The minimum absolute atomic E-state index is 0.0768. The molecule has 0 aliphatic carbocycles. The summed E-state index contributed by atoms with van der Waals surface area (Å²) >= 11 is 3.31. The predicted molar refractivity (Wildman–Crippen MR) is 108 cm³/mol. The molecule has 1 aromatic carbocycles. The normalized spacial score (nSPS) is 10.9. The molecule has 2 heterocycles. The first kappa shape index (κ1) is 19.4. The van der Waals surface area contributed by atoms with Gasteiger partial charge in [-0.1, -0.05) is 23.9 Å². The second-order valence-corrected chi connectivity index (χ2v) is 8.45. The van der Waals surface area contributed by atoms with Crippen molar-refractivity contribution < 1.29 is 9.59 Å². The molecule has 7 nitrogen and oxygen atoms in total. The van der Waals surface area contributed by atoms with Gasteiger partial charge in [0.05, 0.1) is 15.9 Å². The number of benzene rings is 1. The Labute approximate surface area is 165 Å². The Balaban J connectivity index is 1.33. The van der Waals surface area contributed by atoms with Crippen molar-refractivity contribution in [1.29, 1.82) is 0 Å². The van der Waals surface area contributed by atoms with Crippen LogP contribution in [0, 0.1) is 13.8 Å². The number of rotatable bonds is 7. The molecule has 0 radical (unpaired) electrons. The molecule has 2 aromatic heterocycles. The van der Waals surface area contributed by atoms with Crippen LogP contribution in [0.25, 0.3) is 10.2 Å². The number of hydrogen-bond donors (Lipinski definition) is 2. The average Bonchev–Trinajstić information content (AvgIpc) is 3.19. The molecule has 0 saturated carbocycles. The number of aryl methyl sites for hydroxylation is 2. The molecule has 3 rings (SSSR count). The lowest BCUT2D eigenvalue weighted by Gasteiger charge is -2.08. The Morgan fingerprint density at radius 1 is 1.19 bits per heavy atom. The van der Waals surface area contributed by atoms with Gasteiger partial charge in [-0.2, -0.15) is 5.10 Å². The summed E-state index contributed by atoms with van der Waals surface area (Å²) in [5.41, 5.74) is 7.64. The smallest absolute Gasteiger partial charge is 0.260 e. The second kappa shape index (κ2) is 9.01. The van der Waals surface area contributed by atoms with Crippen LogP contribution in [0.2, 0.25) is 0 Å². The number of fused-ring (bicyclic) bond motifs is 1. The zero-order chi connectivity index (χ0) is 19.2. The van der Waals surface area contributed by atoms with Crippen molar-refractivity contribution in [2.75, 3.05) is 5.75 Å².